The molecular formula is C19H16F3NO2. The van der Waals surface area contributed by atoms with E-state index in [-0.39, 0.29) is 16.8 Å². The summed E-state index contributed by atoms with van der Waals surface area (Å²) in [5.41, 5.74) is 0.557. The van der Waals surface area contributed by atoms with E-state index in [0.29, 0.717) is 16.8 Å². The van der Waals surface area contributed by atoms with Gasteiger partial charge in [0.05, 0.1) is 17.4 Å². The summed E-state index contributed by atoms with van der Waals surface area (Å²) in [5, 5.41) is 0.386. The minimum atomic E-state index is -1.01. The monoisotopic (exact) mass is 347 g/mol. The summed E-state index contributed by atoms with van der Waals surface area (Å²) in [6.07, 6.45) is -0.517. The van der Waals surface area contributed by atoms with Crippen LogP contribution >= 0.6 is 0 Å². The van der Waals surface area contributed by atoms with Crippen LogP contribution in [0.3, 0.4) is 0 Å². The molecule has 0 aliphatic rings. The number of hydrogen-bond donors (Lipinski definition) is 0. The third kappa shape index (κ3) is 3.17. The van der Waals surface area contributed by atoms with Crippen LogP contribution in [-0.2, 0) is 4.74 Å². The van der Waals surface area contributed by atoms with Crippen molar-refractivity contribution in [1.82, 2.24) is 4.98 Å². The molecule has 2 aromatic carbocycles. The largest absolute Gasteiger partial charge is 0.455 e. The van der Waals surface area contributed by atoms with E-state index in [1.165, 1.54) is 25.3 Å². The Morgan fingerprint density at radius 3 is 2.48 bits per heavy atom. The predicted molar refractivity (Wildman–Crippen MR) is 88.3 cm³/mol. The molecule has 3 aromatic rings. The highest BCUT2D eigenvalue weighted by molar-refractivity contribution is 5.81. The zero-order valence-electron chi connectivity index (χ0n) is 13.9. The molecule has 130 valence electrons. The van der Waals surface area contributed by atoms with Gasteiger partial charge >= 0.3 is 0 Å². The van der Waals surface area contributed by atoms with Crippen molar-refractivity contribution in [2.45, 2.75) is 20.0 Å². The lowest BCUT2D eigenvalue weighted by Crippen LogP contribution is -2.03. The normalized spacial score (nSPS) is 12.4. The summed E-state index contributed by atoms with van der Waals surface area (Å²) in [7, 11) is 1.47. The van der Waals surface area contributed by atoms with Crippen molar-refractivity contribution in [3.63, 3.8) is 0 Å². The summed E-state index contributed by atoms with van der Waals surface area (Å²) >= 11 is 0. The molecule has 0 saturated heterocycles. The molecule has 6 heteroatoms. The number of aryl methyl sites for hydroxylation is 1. The summed E-state index contributed by atoms with van der Waals surface area (Å²) in [4.78, 5) is 4.08. The van der Waals surface area contributed by atoms with Crippen LogP contribution in [0.15, 0.2) is 36.4 Å². The maximum absolute atomic E-state index is 14.2. The molecule has 1 atom stereocenters. The van der Waals surface area contributed by atoms with E-state index >= 15 is 0 Å². The summed E-state index contributed by atoms with van der Waals surface area (Å²) in [6.45, 7) is 3.31. The number of nitrogens with zero attached hydrogens (tertiary/aromatic N) is 1. The highest BCUT2D eigenvalue weighted by Gasteiger charge is 2.19. The Morgan fingerprint density at radius 2 is 1.76 bits per heavy atom. The molecule has 0 bridgehead atoms. The highest BCUT2D eigenvalue weighted by atomic mass is 19.2. The first-order valence-corrected chi connectivity index (χ1v) is 7.66. The maximum Gasteiger partial charge on any atom is 0.184 e. The van der Waals surface area contributed by atoms with Crippen molar-refractivity contribution in [2.24, 2.45) is 0 Å². The topological polar surface area (TPSA) is 31.4 Å². The molecule has 0 aliphatic heterocycles. The lowest BCUT2D eigenvalue weighted by Gasteiger charge is -2.17. The second-order valence-corrected chi connectivity index (χ2v) is 5.64. The van der Waals surface area contributed by atoms with Gasteiger partial charge in [0.2, 0.25) is 0 Å². The minimum absolute atomic E-state index is 0.0745. The van der Waals surface area contributed by atoms with Gasteiger partial charge in [0, 0.05) is 12.5 Å². The highest BCUT2D eigenvalue weighted by Crippen LogP contribution is 2.35. The zero-order chi connectivity index (χ0) is 18.1. The lowest BCUT2D eigenvalue weighted by molar-refractivity contribution is 0.114. The number of benzene rings is 2. The Labute approximate surface area is 143 Å². The fourth-order valence-corrected chi connectivity index (χ4v) is 2.59. The molecule has 0 saturated carbocycles. The smallest absolute Gasteiger partial charge is 0.184 e. The van der Waals surface area contributed by atoms with Crippen LogP contribution in [0.1, 0.15) is 24.3 Å². The van der Waals surface area contributed by atoms with Gasteiger partial charge in [-0.15, -0.1) is 0 Å². The van der Waals surface area contributed by atoms with E-state index in [9.17, 15) is 13.2 Å². The number of fused-ring (bicyclic) bond motifs is 1. The maximum atomic E-state index is 14.2. The molecule has 0 N–H and O–H groups in total. The first-order chi connectivity index (χ1) is 11.9. The molecule has 3 nitrogen and oxygen atoms in total. The molecule has 25 heavy (non-hydrogen) atoms. The molecule has 1 aromatic heterocycles. The Bertz CT molecular complexity index is 944. The van der Waals surface area contributed by atoms with E-state index in [0.717, 1.165) is 6.07 Å². The Hall–Kier alpha value is -2.60. The molecular weight excluding hydrogens is 331 g/mol. The fourth-order valence-electron chi connectivity index (χ4n) is 2.59. The van der Waals surface area contributed by atoms with Crippen molar-refractivity contribution in [2.75, 3.05) is 7.11 Å². The van der Waals surface area contributed by atoms with Gasteiger partial charge < -0.3 is 9.47 Å². The number of halogens is 3. The van der Waals surface area contributed by atoms with Gasteiger partial charge in [-0.3, -0.25) is 0 Å². The van der Waals surface area contributed by atoms with Crippen LogP contribution in [0.25, 0.3) is 10.9 Å². The molecule has 3 rings (SSSR count). The van der Waals surface area contributed by atoms with Crippen molar-refractivity contribution >= 4 is 10.9 Å². The van der Waals surface area contributed by atoms with Crippen molar-refractivity contribution in [1.29, 1.82) is 0 Å². The third-order valence-electron chi connectivity index (χ3n) is 4.02. The Morgan fingerprint density at radius 1 is 1.00 bits per heavy atom. The van der Waals surface area contributed by atoms with Crippen molar-refractivity contribution < 1.29 is 22.6 Å². The van der Waals surface area contributed by atoms with Crippen LogP contribution in [0, 0.1) is 24.4 Å². The molecule has 0 fully saturated rings. The standard InChI is InChI=1S/C19H16F3NO2/c1-10-16(9-12-7-8-14(21)18(22)19(12)23-10)25-15-6-4-5-13(20)17(15)11(2)24-3/h4-9,11H,1-3H3. The molecule has 1 unspecified atom stereocenters. The van der Waals surface area contributed by atoms with Crippen LogP contribution in [-0.4, -0.2) is 12.1 Å². The number of pyridine rings is 1. The first-order valence-electron chi connectivity index (χ1n) is 7.66. The molecule has 0 radical (unpaired) electrons. The van der Waals surface area contributed by atoms with Gasteiger partial charge in [0.15, 0.2) is 11.6 Å². The summed E-state index contributed by atoms with van der Waals surface area (Å²) < 4.78 is 52.4. The molecule has 0 spiro atoms. The van der Waals surface area contributed by atoms with E-state index in [1.807, 2.05) is 0 Å². The van der Waals surface area contributed by atoms with E-state index < -0.39 is 23.6 Å². The van der Waals surface area contributed by atoms with Crippen LogP contribution < -0.4 is 4.74 Å². The van der Waals surface area contributed by atoms with E-state index in [4.69, 9.17) is 9.47 Å². The summed E-state index contributed by atoms with van der Waals surface area (Å²) in [5.74, 6) is -1.82. The fraction of sp³-hybridized carbons (Fsp3) is 0.211. The van der Waals surface area contributed by atoms with Gasteiger partial charge in [-0.05, 0) is 44.2 Å². The van der Waals surface area contributed by atoms with Gasteiger partial charge in [-0.2, -0.15) is 0 Å². The second kappa shape index (κ2) is 6.72. The average Bonchev–Trinajstić information content (AvgIpc) is 2.59. The Kier molecular flexibility index (Phi) is 4.63. The molecule has 0 aliphatic carbocycles. The van der Waals surface area contributed by atoms with E-state index in [1.54, 1.807) is 26.0 Å². The third-order valence-corrected chi connectivity index (χ3v) is 4.02. The quantitative estimate of drug-likeness (QED) is 0.628. The summed E-state index contributed by atoms with van der Waals surface area (Å²) in [6, 6.07) is 8.45. The van der Waals surface area contributed by atoms with Gasteiger partial charge in [-0.1, -0.05) is 6.07 Å². The SMILES string of the molecule is COC(C)c1c(F)cccc1Oc1cc2ccc(F)c(F)c2nc1C. The lowest BCUT2D eigenvalue weighted by atomic mass is 10.1. The van der Waals surface area contributed by atoms with Gasteiger partial charge in [0.1, 0.15) is 22.8 Å². The van der Waals surface area contributed by atoms with Crippen molar-refractivity contribution in [3.05, 3.63) is 65.1 Å². The predicted octanol–water partition coefficient (Wildman–Crippen LogP) is 5.46. The van der Waals surface area contributed by atoms with Crippen LogP contribution in [0.5, 0.6) is 11.5 Å². The zero-order valence-corrected chi connectivity index (χ0v) is 13.9. The number of rotatable bonds is 4. The number of ether oxygens (including phenoxy) is 2. The number of aromatic nitrogens is 1. The van der Waals surface area contributed by atoms with Crippen LogP contribution in [0.2, 0.25) is 0 Å². The van der Waals surface area contributed by atoms with E-state index in [2.05, 4.69) is 4.98 Å². The van der Waals surface area contributed by atoms with Gasteiger partial charge in [0.25, 0.3) is 0 Å². The van der Waals surface area contributed by atoms with Gasteiger partial charge in [-0.25, -0.2) is 18.2 Å². The van der Waals surface area contributed by atoms with Crippen molar-refractivity contribution in [3.8, 4) is 11.5 Å². The Balaban J connectivity index is 2.09. The molecule has 1 heterocycles. The average molecular weight is 347 g/mol. The van der Waals surface area contributed by atoms with Crippen LogP contribution in [0.4, 0.5) is 13.2 Å². The number of hydrogen-bond acceptors (Lipinski definition) is 3. The second-order valence-electron chi connectivity index (χ2n) is 5.64. The minimum Gasteiger partial charge on any atom is -0.455 e. The molecule has 0 amide bonds. The number of methoxy groups -OCH3 is 1. The first kappa shape index (κ1) is 17.2.